The van der Waals surface area contributed by atoms with Crippen LogP contribution in [0.2, 0.25) is 5.02 Å². The highest BCUT2D eigenvalue weighted by molar-refractivity contribution is 6.32. The number of amides is 2. The first-order valence-corrected chi connectivity index (χ1v) is 16.3. The molecule has 2 aromatic carbocycles. The first-order valence-electron chi connectivity index (χ1n) is 15.9. The van der Waals surface area contributed by atoms with Crippen LogP contribution in [0.4, 0.5) is 26.7 Å². The quantitative estimate of drug-likeness (QED) is 0.0821. The van der Waals surface area contributed by atoms with Gasteiger partial charge in [0.05, 0.1) is 22.9 Å². The summed E-state index contributed by atoms with van der Waals surface area (Å²) in [6.07, 6.45) is -0.469. The summed E-state index contributed by atoms with van der Waals surface area (Å²) in [7, 11) is 0. The number of carbonyl (C=O) groups excluding carboxylic acids is 2. The molecule has 1 aliphatic rings. The number of hydrogen-bond acceptors (Lipinski definition) is 6. The van der Waals surface area contributed by atoms with Gasteiger partial charge in [0, 0.05) is 36.3 Å². The van der Waals surface area contributed by atoms with Gasteiger partial charge >= 0.3 is 18.8 Å². The zero-order valence-corrected chi connectivity index (χ0v) is 28.6. The lowest BCUT2D eigenvalue weighted by Crippen LogP contribution is -2.50. The molecule has 4 aromatic rings. The van der Waals surface area contributed by atoms with Crippen molar-refractivity contribution in [1.29, 1.82) is 5.41 Å². The fraction of sp³-hybridized carbons (Fsp3) is 0.382. The van der Waals surface area contributed by atoms with Crippen molar-refractivity contribution in [3.8, 4) is 16.8 Å². The maximum absolute atomic E-state index is 14.4. The van der Waals surface area contributed by atoms with E-state index in [4.69, 9.17) is 21.7 Å². The van der Waals surface area contributed by atoms with E-state index in [1.54, 1.807) is 24.4 Å². The molecule has 0 radical (unpaired) electrons. The first-order chi connectivity index (χ1) is 24.0. The zero-order valence-electron chi connectivity index (χ0n) is 27.8. The molecule has 272 valence electrons. The summed E-state index contributed by atoms with van der Waals surface area (Å²) in [5.74, 6) is -1.10. The fourth-order valence-electron chi connectivity index (χ4n) is 5.21. The average Bonchev–Trinajstić information content (AvgIpc) is 3.43. The van der Waals surface area contributed by atoms with Gasteiger partial charge in [-0.3, -0.25) is 15.1 Å². The molecule has 1 atom stereocenters. The Bertz CT molecular complexity index is 1850. The van der Waals surface area contributed by atoms with Crippen LogP contribution in [0.3, 0.4) is 0 Å². The highest BCUT2D eigenvalue weighted by atomic mass is 35.5. The summed E-state index contributed by atoms with van der Waals surface area (Å²) in [5, 5.41) is 22.1. The molecule has 51 heavy (non-hydrogen) atoms. The summed E-state index contributed by atoms with van der Waals surface area (Å²) in [4.78, 5) is 28.3. The number of halogens is 6. The van der Waals surface area contributed by atoms with Gasteiger partial charge in [-0.05, 0) is 66.1 Å². The van der Waals surface area contributed by atoms with E-state index in [0.29, 0.717) is 33.5 Å². The normalized spacial score (nSPS) is 14.5. The standard InChI is InChI=1S/C34H36ClF5N8O3/c1-32(2,3)13-15-42-30(41)48(28(49)22-7-5-21(6-8-22)24-18-44-47(19-24)29(36)37)27(20-51-31(50)45-33(11-12-33)34(38,39)40)23-9-10-25(35)26(17-23)46-16-4-14-43-46/h4-10,14,16-19,27,29H,11-13,15,20H2,1-3H3,(H2,41,42)(H,45,50)/t27-/m1/s1. The second kappa shape index (κ2) is 14.7. The number of hydrogen-bond donors (Lipinski definition) is 3. The van der Waals surface area contributed by atoms with E-state index in [1.165, 1.54) is 47.4 Å². The van der Waals surface area contributed by atoms with Crippen molar-refractivity contribution in [2.24, 2.45) is 5.41 Å². The summed E-state index contributed by atoms with van der Waals surface area (Å²) < 4.78 is 74.4. The molecular formula is C34H36ClF5N8O3. The van der Waals surface area contributed by atoms with Crippen molar-refractivity contribution >= 4 is 29.6 Å². The molecule has 0 bridgehead atoms. The Balaban J connectivity index is 1.52. The van der Waals surface area contributed by atoms with Crippen molar-refractivity contribution < 1.29 is 36.3 Å². The van der Waals surface area contributed by atoms with Gasteiger partial charge in [-0.2, -0.15) is 32.1 Å². The average molecular weight is 735 g/mol. The van der Waals surface area contributed by atoms with Crippen LogP contribution in [0, 0.1) is 10.8 Å². The smallest absolute Gasteiger partial charge is 0.411 e. The SMILES string of the molecule is CC(C)(C)CCNC(=N)N(C(=O)c1ccc(-c2cnn(C(F)F)c2)cc1)[C@H](COC(=O)NC1(C(F)(F)F)CC1)c1ccc(Cl)c(-n2cccn2)c1. The molecule has 0 aliphatic heterocycles. The van der Waals surface area contributed by atoms with Crippen molar-refractivity contribution in [2.45, 2.75) is 64.3 Å². The van der Waals surface area contributed by atoms with Crippen LogP contribution in [0.1, 0.15) is 68.5 Å². The van der Waals surface area contributed by atoms with Gasteiger partial charge in [-0.25, -0.2) is 14.2 Å². The van der Waals surface area contributed by atoms with E-state index in [9.17, 15) is 31.5 Å². The highest BCUT2D eigenvalue weighted by Gasteiger charge is 2.64. The highest BCUT2D eigenvalue weighted by Crippen LogP contribution is 2.49. The maximum atomic E-state index is 14.4. The molecule has 0 saturated heterocycles. The van der Waals surface area contributed by atoms with Crippen molar-refractivity contribution in [1.82, 2.24) is 35.1 Å². The van der Waals surface area contributed by atoms with Crippen molar-refractivity contribution in [2.75, 3.05) is 13.2 Å². The van der Waals surface area contributed by atoms with Crippen LogP contribution >= 0.6 is 11.6 Å². The molecule has 0 unspecified atom stereocenters. The number of carbonyl (C=O) groups is 2. The van der Waals surface area contributed by atoms with Gasteiger partial charge in [0.1, 0.15) is 12.1 Å². The number of rotatable bonds is 11. The summed E-state index contributed by atoms with van der Waals surface area (Å²) >= 11 is 6.49. The molecule has 17 heteroatoms. The number of alkyl halides is 5. The van der Waals surface area contributed by atoms with Crippen LogP contribution in [0.5, 0.6) is 0 Å². The monoisotopic (exact) mass is 734 g/mol. The summed E-state index contributed by atoms with van der Waals surface area (Å²) in [6.45, 7) is 2.79. The van der Waals surface area contributed by atoms with Crippen LogP contribution < -0.4 is 10.6 Å². The predicted octanol–water partition coefficient (Wildman–Crippen LogP) is 7.75. The Morgan fingerprint density at radius 2 is 1.78 bits per heavy atom. The lowest BCUT2D eigenvalue weighted by molar-refractivity contribution is -0.164. The number of alkyl carbamates (subject to hydrolysis) is 1. The Morgan fingerprint density at radius 1 is 1.08 bits per heavy atom. The molecule has 2 aromatic heterocycles. The van der Waals surface area contributed by atoms with E-state index < -0.39 is 42.9 Å². The van der Waals surface area contributed by atoms with Gasteiger partial charge in [-0.1, -0.05) is 50.6 Å². The van der Waals surface area contributed by atoms with E-state index >= 15 is 0 Å². The summed E-state index contributed by atoms with van der Waals surface area (Å²) in [5.41, 5.74) is -0.885. The third kappa shape index (κ3) is 8.85. The third-order valence-corrected chi connectivity index (χ3v) is 8.64. The van der Waals surface area contributed by atoms with Crippen molar-refractivity contribution in [3.05, 3.63) is 89.5 Å². The van der Waals surface area contributed by atoms with Gasteiger partial charge in [0.15, 0.2) is 5.96 Å². The van der Waals surface area contributed by atoms with Gasteiger partial charge in [0.2, 0.25) is 0 Å². The third-order valence-electron chi connectivity index (χ3n) is 8.32. The number of aromatic nitrogens is 4. The lowest BCUT2D eigenvalue weighted by atomic mass is 9.92. The van der Waals surface area contributed by atoms with Crippen LogP contribution in [0.15, 0.2) is 73.3 Å². The number of nitrogens with zero attached hydrogens (tertiary/aromatic N) is 5. The van der Waals surface area contributed by atoms with E-state index in [1.807, 2.05) is 26.1 Å². The number of guanidine groups is 1. The van der Waals surface area contributed by atoms with Crippen molar-refractivity contribution in [3.63, 3.8) is 0 Å². The van der Waals surface area contributed by atoms with E-state index in [-0.39, 0.29) is 41.3 Å². The zero-order chi connectivity index (χ0) is 37.1. The Hall–Kier alpha value is -4.99. The molecule has 3 N–H and O–H groups in total. The topological polar surface area (TPSA) is 130 Å². The van der Waals surface area contributed by atoms with Crippen LogP contribution in [-0.2, 0) is 4.74 Å². The van der Waals surface area contributed by atoms with Crippen LogP contribution in [0.25, 0.3) is 16.8 Å². The lowest BCUT2D eigenvalue weighted by Gasteiger charge is -2.33. The Labute approximate surface area is 295 Å². The molecule has 5 rings (SSSR count). The first kappa shape index (κ1) is 37.3. The minimum atomic E-state index is -4.69. The van der Waals surface area contributed by atoms with Gasteiger partial charge in [0.25, 0.3) is 5.91 Å². The number of ether oxygens (including phenoxy) is 1. The van der Waals surface area contributed by atoms with Gasteiger partial charge < -0.3 is 15.4 Å². The maximum Gasteiger partial charge on any atom is 0.411 e. The molecular weight excluding hydrogens is 699 g/mol. The van der Waals surface area contributed by atoms with E-state index in [0.717, 1.165) is 11.1 Å². The Morgan fingerprint density at radius 3 is 2.35 bits per heavy atom. The van der Waals surface area contributed by atoms with Crippen LogP contribution in [-0.4, -0.2) is 67.3 Å². The minimum absolute atomic E-state index is 0.0760. The Kier molecular flexibility index (Phi) is 10.7. The second-order valence-corrected chi connectivity index (χ2v) is 13.7. The van der Waals surface area contributed by atoms with E-state index in [2.05, 4.69) is 15.5 Å². The number of nitrogens with one attached hydrogen (secondary N) is 3. The fourth-order valence-corrected chi connectivity index (χ4v) is 5.42. The number of benzene rings is 2. The second-order valence-electron chi connectivity index (χ2n) is 13.3. The summed E-state index contributed by atoms with van der Waals surface area (Å²) in [6, 6.07) is 11.0. The predicted molar refractivity (Wildman–Crippen MR) is 179 cm³/mol. The molecule has 0 spiro atoms. The molecule has 1 fully saturated rings. The van der Waals surface area contributed by atoms with Gasteiger partial charge in [-0.15, -0.1) is 0 Å². The molecule has 2 amide bonds. The molecule has 1 aliphatic carbocycles. The molecule has 11 nitrogen and oxygen atoms in total. The molecule has 1 saturated carbocycles. The molecule has 2 heterocycles. The largest absolute Gasteiger partial charge is 0.447 e. The minimum Gasteiger partial charge on any atom is -0.447 e.